The summed E-state index contributed by atoms with van der Waals surface area (Å²) in [5.74, 6) is -0.895. The van der Waals surface area contributed by atoms with Gasteiger partial charge in [-0.2, -0.15) is 0 Å². The minimum absolute atomic E-state index is 0.0423. The lowest BCUT2D eigenvalue weighted by Gasteiger charge is -2.26. The fourth-order valence-corrected chi connectivity index (χ4v) is 2.31. The average Bonchev–Trinajstić information content (AvgIpc) is 2.46. The molecule has 8 nitrogen and oxygen atoms in total. The van der Waals surface area contributed by atoms with Gasteiger partial charge in [0.25, 0.3) is 0 Å². The summed E-state index contributed by atoms with van der Waals surface area (Å²) in [4.78, 5) is 22.5. The number of methoxy groups -OCH3 is 1. The number of hydrogen-bond donors (Lipinski definition) is 1. The van der Waals surface area contributed by atoms with Gasteiger partial charge in [-0.15, -0.1) is 0 Å². The quantitative estimate of drug-likeness (QED) is 0.493. The maximum absolute atomic E-state index is 12.1. The van der Waals surface area contributed by atoms with Crippen LogP contribution in [0.2, 0.25) is 0 Å². The van der Waals surface area contributed by atoms with Crippen LogP contribution >= 0.6 is 0 Å². The van der Waals surface area contributed by atoms with Crippen LogP contribution in [0.1, 0.15) is 18.4 Å². The van der Waals surface area contributed by atoms with Gasteiger partial charge in [-0.05, 0) is 25.1 Å². The first-order chi connectivity index (χ1) is 10.5. The van der Waals surface area contributed by atoms with Crippen molar-refractivity contribution in [3.8, 4) is 11.5 Å². The molecule has 1 unspecified atom stereocenters. The molecule has 0 spiro atoms. The van der Waals surface area contributed by atoms with Crippen molar-refractivity contribution in [1.82, 2.24) is 0 Å². The van der Waals surface area contributed by atoms with Gasteiger partial charge in [0.2, 0.25) is 12.4 Å². The van der Waals surface area contributed by atoms with Gasteiger partial charge in [0.15, 0.2) is 0 Å². The number of nitro groups is 1. The number of esters is 1. The molecule has 1 atom stereocenters. The Balaban J connectivity index is 2.52. The number of hydrogen-bond acceptors (Lipinski definition) is 7. The van der Waals surface area contributed by atoms with Crippen molar-refractivity contribution in [1.29, 1.82) is 0 Å². The van der Waals surface area contributed by atoms with Crippen molar-refractivity contribution in [2.75, 3.05) is 20.3 Å². The van der Waals surface area contributed by atoms with Crippen LogP contribution in [0.5, 0.6) is 11.5 Å². The van der Waals surface area contributed by atoms with E-state index in [4.69, 9.17) is 19.9 Å². The summed E-state index contributed by atoms with van der Waals surface area (Å²) >= 11 is 0. The molecule has 0 bridgehead atoms. The second-order valence-corrected chi connectivity index (χ2v) is 4.57. The minimum Gasteiger partial charge on any atom is -0.497 e. The first kappa shape index (κ1) is 15.6. The first-order valence-corrected chi connectivity index (χ1v) is 6.62. The van der Waals surface area contributed by atoms with E-state index in [-0.39, 0.29) is 18.1 Å². The molecule has 0 aliphatic carbocycles. The number of ether oxygens (including phenoxy) is 3. The zero-order chi connectivity index (χ0) is 16.3. The Kier molecular flexibility index (Phi) is 4.50. The van der Waals surface area contributed by atoms with E-state index < -0.39 is 23.4 Å². The number of fused-ring (bicyclic) bond motifs is 1. The number of carbonyl (C=O) groups excluding carboxylic acids is 1. The van der Waals surface area contributed by atoms with Gasteiger partial charge in [0.05, 0.1) is 19.6 Å². The summed E-state index contributed by atoms with van der Waals surface area (Å²) < 4.78 is 15.4. The van der Waals surface area contributed by atoms with Gasteiger partial charge in [-0.3, -0.25) is 10.1 Å². The molecular weight excluding hydrogens is 292 g/mol. The Bertz CT molecular complexity index is 640. The zero-order valence-electron chi connectivity index (χ0n) is 12.2. The lowest BCUT2D eigenvalue weighted by atomic mass is 9.88. The molecule has 1 aromatic rings. The third-order valence-corrected chi connectivity index (χ3v) is 3.25. The van der Waals surface area contributed by atoms with Crippen molar-refractivity contribution in [2.24, 2.45) is 5.73 Å². The predicted octanol–water partition coefficient (Wildman–Crippen LogP) is 1.18. The number of rotatable bonds is 5. The van der Waals surface area contributed by atoms with Crippen molar-refractivity contribution < 1.29 is 23.9 Å². The van der Waals surface area contributed by atoms with E-state index >= 15 is 0 Å². The summed E-state index contributed by atoms with van der Waals surface area (Å²) in [6.07, 6.45) is 0. The number of carbonyl (C=O) groups is 1. The zero-order valence-corrected chi connectivity index (χ0v) is 12.2. The highest BCUT2D eigenvalue weighted by atomic mass is 16.6. The van der Waals surface area contributed by atoms with Crippen LogP contribution in [0.25, 0.3) is 0 Å². The monoisotopic (exact) mass is 308 g/mol. The van der Waals surface area contributed by atoms with Crippen LogP contribution in [0.3, 0.4) is 0 Å². The molecule has 0 saturated heterocycles. The van der Waals surface area contributed by atoms with Crippen LogP contribution in [0, 0.1) is 10.1 Å². The molecule has 0 fully saturated rings. The van der Waals surface area contributed by atoms with Crippen molar-refractivity contribution in [3.05, 3.63) is 45.3 Å². The van der Waals surface area contributed by atoms with Crippen LogP contribution in [-0.2, 0) is 9.53 Å². The van der Waals surface area contributed by atoms with Gasteiger partial charge < -0.3 is 19.9 Å². The lowest BCUT2D eigenvalue weighted by molar-refractivity contribution is -0.482. The van der Waals surface area contributed by atoms with Crippen LogP contribution in [0.4, 0.5) is 0 Å². The molecule has 0 saturated carbocycles. The molecule has 1 heterocycles. The Morgan fingerprint density at radius 2 is 2.23 bits per heavy atom. The summed E-state index contributed by atoms with van der Waals surface area (Å²) in [5.41, 5.74) is 6.19. The number of nitrogens with two attached hydrogens (primary N) is 1. The normalized spacial score (nSPS) is 16.5. The predicted molar refractivity (Wildman–Crippen MR) is 76.1 cm³/mol. The van der Waals surface area contributed by atoms with Crippen LogP contribution in [-0.4, -0.2) is 31.2 Å². The van der Waals surface area contributed by atoms with Gasteiger partial charge in [0.1, 0.15) is 17.1 Å². The maximum atomic E-state index is 12.1. The van der Waals surface area contributed by atoms with Gasteiger partial charge >= 0.3 is 5.97 Å². The Morgan fingerprint density at radius 3 is 2.82 bits per heavy atom. The molecule has 1 aliphatic rings. The molecule has 2 rings (SSSR count). The van der Waals surface area contributed by atoms with E-state index in [0.29, 0.717) is 17.1 Å². The standard InChI is InChI=1S/C14H16N2O6/c1-3-21-14(17)12-10(7-16(18)19)9-6-8(20-2)4-5-11(9)22-13(12)15/h4-6,10H,3,7,15H2,1-2H3. The van der Waals surface area contributed by atoms with Gasteiger partial charge in [-0.25, -0.2) is 4.79 Å². The van der Waals surface area contributed by atoms with E-state index in [1.165, 1.54) is 7.11 Å². The summed E-state index contributed by atoms with van der Waals surface area (Å²) in [6.45, 7) is 1.27. The van der Waals surface area contributed by atoms with Crippen LogP contribution in [0.15, 0.2) is 29.7 Å². The highest BCUT2D eigenvalue weighted by Gasteiger charge is 2.37. The molecular formula is C14H16N2O6. The van der Waals surface area contributed by atoms with Gasteiger partial charge in [0, 0.05) is 10.5 Å². The second-order valence-electron chi connectivity index (χ2n) is 4.57. The van der Waals surface area contributed by atoms with E-state index in [2.05, 4.69) is 0 Å². The Labute approximate surface area is 126 Å². The molecule has 1 aliphatic heterocycles. The summed E-state index contributed by atoms with van der Waals surface area (Å²) in [6, 6.07) is 4.83. The average molecular weight is 308 g/mol. The maximum Gasteiger partial charge on any atom is 0.340 e. The van der Waals surface area contributed by atoms with Crippen molar-refractivity contribution >= 4 is 5.97 Å². The molecule has 2 N–H and O–H groups in total. The second kappa shape index (κ2) is 6.33. The fourth-order valence-electron chi connectivity index (χ4n) is 2.31. The Hall–Kier alpha value is -2.77. The van der Waals surface area contributed by atoms with E-state index in [1.54, 1.807) is 25.1 Å². The largest absolute Gasteiger partial charge is 0.497 e. The van der Waals surface area contributed by atoms with E-state index in [9.17, 15) is 14.9 Å². The van der Waals surface area contributed by atoms with E-state index in [0.717, 1.165) is 0 Å². The first-order valence-electron chi connectivity index (χ1n) is 6.62. The SMILES string of the molecule is CCOC(=O)C1=C(N)Oc2ccc(OC)cc2C1C[N+](=O)[O-]. The third-order valence-electron chi connectivity index (χ3n) is 3.25. The fraction of sp³-hybridized carbons (Fsp3) is 0.357. The summed E-state index contributed by atoms with van der Waals surface area (Å²) in [7, 11) is 1.48. The summed E-state index contributed by atoms with van der Waals surface area (Å²) in [5, 5.41) is 11.0. The highest BCUT2D eigenvalue weighted by Crippen LogP contribution is 2.40. The van der Waals surface area contributed by atoms with Gasteiger partial charge in [-0.1, -0.05) is 0 Å². The molecule has 0 aromatic heterocycles. The van der Waals surface area contributed by atoms with Crippen molar-refractivity contribution in [3.63, 3.8) is 0 Å². The molecule has 0 amide bonds. The molecule has 22 heavy (non-hydrogen) atoms. The molecule has 0 radical (unpaired) electrons. The topological polar surface area (TPSA) is 114 Å². The van der Waals surface area contributed by atoms with Crippen molar-refractivity contribution in [2.45, 2.75) is 12.8 Å². The molecule has 118 valence electrons. The highest BCUT2D eigenvalue weighted by molar-refractivity contribution is 5.91. The third kappa shape index (κ3) is 2.95. The minimum atomic E-state index is -0.854. The molecule has 1 aromatic carbocycles. The number of benzene rings is 1. The van der Waals surface area contributed by atoms with E-state index in [1.807, 2.05) is 0 Å². The smallest absolute Gasteiger partial charge is 0.340 e. The number of nitrogens with zero attached hydrogens (tertiary/aromatic N) is 1. The van der Waals surface area contributed by atoms with Crippen LogP contribution < -0.4 is 15.2 Å². The molecule has 8 heteroatoms. The Morgan fingerprint density at radius 1 is 1.50 bits per heavy atom. The lowest BCUT2D eigenvalue weighted by Crippen LogP contribution is -2.30.